The van der Waals surface area contributed by atoms with Gasteiger partial charge in [0.15, 0.2) is 6.61 Å². The highest BCUT2D eigenvalue weighted by molar-refractivity contribution is 5.91. The summed E-state index contributed by atoms with van der Waals surface area (Å²) in [7, 11) is 0. The van der Waals surface area contributed by atoms with E-state index in [1.54, 1.807) is 0 Å². The first-order valence-corrected chi connectivity index (χ1v) is 8.49. The average Bonchev–Trinajstić information content (AvgIpc) is 2.66. The summed E-state index contributed by atoms with van der Waals surface area (Å²) in [5.74, 6) is -1.23. The van der Waals surface area contributed by atoms with Crippen LogP contribution in [0.5, 0.6) is 5.75 Å². The van der Waals surface area contributed by atoms with Crippen molar-refractivity contribution in [2.75, 3.05) is 6.61 Å². The molecule has 0 saturated heterocycles. The highest BCUT2D eigenvalue weighted by Gasteiger charge is 2.14. The van der Waals surface area contributed by atoms with Gasteiger partial charge in [0, 0.05) is 0 Å². The molecule has 0 heterocycles. The van der Waals surface area contributed by atoms with E-state index in [1.807, 2.05) is 31.2 Å². The lowest BCUT2D eigenvalue weighted by atomic mass is 10.1. The van der Waals surface area contributed by atoms with Crippen LogP contribution in [-0.2, 0) is 16.0 Å². The number of halogens is 2. The summed E-state index contributed by atoms with van der Waals surface area (Å²) in [6.45, 7) is 0.522. The molecule has 1 amide bonds. The van der Waals surface area contributed by atoms with Gasteiger partial charge in [0.05, 0.1) is 11.6 Å². The number of carbonyl (C=O) groups is 2. The third-order valence-electron chi connectivity index (χ3n) is 3.92. The van der Waals surface area contributed by atoms with Gasteiger partial charge >= 0.3 is 12.6 Å². The molecule has 0 unspecified atom stereocenters. The van der Waals surface area contributed by atoms with E-state index in [9.17, 15) is 18.4 Å². The number of aryl methyl sites for hydroxylation is 1. The summed E-state index contributed by atoms with van der Waals surface area (Å²) in [6, 6.07) is 12.7. The van der Waals surface area contributed by atoms with Crippen LogP contribution >= 0.6 is 0 Å². The van der Waals surface area contributed by atoms with E-state index in [0.717, 1.165) is 12.0 Å². The molecule has 0 aliphatic rings. The minimum Gasteiger partial charge on any atom is -0.452 e. The number of carbonyl (C=O) groups excluding carboxylic acids is 2. The molecule has 2 aromatic carbocycles. The van der Waals surface area contributed by atoms with Gasteiger partial charge in [0.2, 0.25) is 0 Å². The summed E-state index contributed by atoms with van der Waals surface area (Å²) in [6.07, 6.45) is 0.937. The SMILES string of the molecule is CCc1ccc([C@H](C)NC(=O)COC(=O)c2ccc(OC(F)F)cc2)cc1. The maximum absolute atomic E-state index is 12.1. The van der Waals surface area contributed by atoms with Gasteiger partial charge in [-0.25, -0.2) is 4.79 Å². The highest BCUT2D eigenvalue weighted by atomic mass is 19.3. The summed E-state index contributed by atoms with van der Waals surface area (Å²) >= 11 is 0. The van der Waals surface area contributed by atoms with Crippen molar-refractivity contribution in [2.24, 2.45) is 0 Å². The molecular formula is C20H21F2NO4. The van der Waals surface area contributed by atoms with Crippen LogP contribution in [0, 0.1) is 0 Å². The van der Waals surface area contributed by atoms with Crippen molar-refractivity contribution in [3.63, 3.8) is 0 Å². The fourth-order valence-corrected chi connectivity index (χ4v) is 2.40. The molecule has 1 atom stereocenters. The van der Waals surface area contributed by atoms with Gasteiger partial charge in [-0.1, -0.05) is 31.2 Å². The summed E-state index contributed by atoms with van der Waals surface area (Å²) in [5, 5.41) is 2.75. The second-order valence-corrected chi connectivity index (χ2v) is 5.86. The lowest BCUT2D eigenvalue weighted by Crippen LogP contribution is -2.31. The van der Waals surface area contributed by atoms with Crippen molar-refractivity contribution in [1.29, 1.82) is 0 Å². The lowest BCUT2D eigenvalue weighted by Gasteiger charge is -2.15. The first kappa shape index (κ1) is 20.4. The summed E-state index contributed by atoms with van der Waals surface area (Å²) in [4.78, 5) is 23.9. The molecule has 0 bridgehead atoms. The fourth-order valence-electron chi connectivity index (χ4n) is 2.40. The van der Waals surface area contributed by atoms with Crippen LogP contribution in [0.3, 0.4) is 0 Å². The van der Waals surface area contributed by atoms with E-state index in [0.29, 0.717) is 0 Å². The Morgan fingerprint density at radius 3 is 2.22 bits per heavy atom. The van der Waals surface area contributed by atoms with E-state index >= 15 is 0 Å². The van der Waals surface area contributed by atoms with E-state index in [2.05, 4.69) is 17.0 Å². The van der Waals surface area contributed by atoms with E-state index in [4.69, 9.17) is 4.74 Å². The van der Waals surface area contributed by atoms with Crippen molar-refractivity contribution in [2.45, 2.75) is 32.9 Å². The van der Waals surface area contributed by atoms with Gasteiger partial charge in [-0.15, -0.1) is 0 Å². The predicted octanol–water partition coefficient (Wildman–Crippen LogP) is 3.88. The Balaban J connectivity index is 1.82. The van der Waals surface area contributed by atoms with Gasteiger partial charge in [0.25, 0.3) is 5.91 Å². The second kappa shape index (κ2) is 9.66. The second-order valence-electron chi connectivity index (χ2n) is 5.86. The van der Waals surface area contributed by atoms with Gasteiger partial charge in [-0.3, -0.25) is 4.79 Å². The average molecular weight is 377 g/mol. The maximum Gasteiger partial charge on any atom is 0.387 e. The number of hydrogen-bond donors (Lipinski definition) is 1. The van der Waals surface area contributed by atoms with Crippen LogP contribution < -0.4 is 10.1 Å². The van der Waals surface area contributed by atoms with Crippen LogP contribution in [0.1, 0.15) is 41.4 Å². The monoisotopic (exact) mass is 377 g/mol. The van der Waals surface area contributed by atoms with Crippen LogP contribution in [0.25, 0.3) is 0 Å². The lowest BCUT2D eigenvalue weighted by molar-refractivity contribution is -0.124. The molecule has 2 aromatic rings. The van der Waals surface area contributed by atoms with Gasteiger partial charge in [0.1, 0.15) is 5.75 Å². The molecule has 1 N–H and O–H groups in total. The Kier molecular flexibility index (Phi) is 7.28. The molecule has 0 aromatic heterocycles. The first-order valence-electron chi connectivity index (χ1n) is 8.49. The molecule has 144 valence electrons. The Labute approximate surface area is 156 Å². The maximum atomic E-state index is 12.1. The van der Waals surface area contributed by atoms with E-state index in [-0.39, 0.29) is 17.4 Å². The molecule has 2 rings (SSSR count). The van der Waals surface area contributed by atoms with Crippen molar-refractivity contribution in [3.8, 4) is 5.75 Å². The van der Waals surface area contributed by atoms with Crippen LogP contribution in [0.4, 0.5) is 8.78 Å². The quantitative estimate of drug-likeness (QED) is 0.709. The first-order chi connectivity index (χ1) is 12.9. The van der Waals surface area contributed by atoms with Crippen molar-refractivity contribution in [1.82, 2.24) is 5.32 Å². The van der Waals surface area contributed by atoms with Gasteiger partial charge < -0.3 is 14.8 Å². The van der Waals surface area contributed by atoms with E-state index in [1.165, 1.54) is 29.8 Å². The number of rotatable bonds is 8. The number of amides is 1. The van der Waals surface area contributed by atoms with Crippen molar-refractivity contribution < 1.29 is 27.8 Å². The number of benzene rings is 2. The molecule has 5 nitrogen and oxygen atoms in total. The minimum absolute atomic E-state index is 0.0674. The van der Waals surface area contributed by atoms with Gasteiger partial charge in [-0.05, 0) is 48.7 Å². The Bertz CT molecular complexity index is 761. The zero-order valence-corrected chi connectivity index (χ0v) is 15.1. The molecule has 0 radical (unpaired) electrons. The summed E-state index contributed by atoms with van der Waals surface area (Å²) in [5.41, 5.74) is 2.28. The number of esters is 1. The normalized spacial score (nSPS) is 11.7. The molecule has 27 heavy (non-hydrogen) atoms. The Hall–Kier alpha value is -2.96. The Morgan fingerprint density at radius 1 is 1.04 bits per heavy atom. The zero-order chi connectivity index (χ0) is 19.8. The molecule has 0 fully saturated rings. The third kappa shape index (κ3) is 6.36. The van der Waals surface area contributed by atoms with Gasteiger partial charge in [-0.2, -0.15) is 8.78 Å². The Morgan fingerprint density at radius 2 is 1.67 bits per heavy atom. The van der Waals surface area contributed by atoms with Crippen LogP contribution in [0.2, 0.25) is 0 Å². The smallest absolute Gasteiger partial charge is 0.387 e. The molecule has 0 aliphatic carbocycles. The fraction of sp³-hybridized carbons (Fsp3) is 0.300. The van der Waals surface area contributed by atoms with Crippen LogP contribution in [0.15, 0.2) is 48.5 Å². The number of hydrogen-bond acceptors (Lipinski definition) is 4. The predicted molar refractivity (Wildman–Crippen MR) is 95.7 cm³/mol. The largest absolute Gasteiger partial charge is 0.452 e. The third-order valence-corrected chi connectivity index (χ3v) is 3.92. The summed E-state index contributed by atoms with van der Waals surface area (Å²) < 4.78 is 33.3. The zero-order valence-electron chi connectivity index (χ0n) is 15.1. The molecule has 0 aliphatic heterocycles. The minimum atomic E-state index is -2.94. The highest BCUT2D eigenvalue weighted by Crippen LogP contribution is 2.16. The van der Waals surface area contributed by atoms with E-state index < -0.39 is 25.1 Å². The standard InChI is InChI=1S/C20H21F2NO4/c1-3-14-4-6-15(7-5-14)13(2)23-18(24)12-26-19(25)16-8-10-17(11-9-16)27-20(21)22/h4-11,13,20H,3,12H2,1-2H3,(H,23,24)/t13-/m0/s1. The van der Waals surface area contributed by atoms with Crippen molar-refractivity contribution >= 4 is 11.9 Å². The molecule has 0 spiro atoms. The molecule has 7 heteroatoms. The topological polar surface area (TPSA) is 64.6 Å². The molecule has 0 saturated carbocycles. The van der Waals surface area contributed by atoms with Crippen LogP contribution in [-0.4, -0.2) is 25.1 Å². The number of alkyl halides is 2. The number of nitrogens with one attached hydrogen (secondary N) is 1. The number of ether oxygens (including phenoxy) is 2. The molecular weight excluding hydrogens is 356 g/mol. The van der Waals surface area contributed by atoms with Crippen molar-refractivity contribution in [3.05, 3.63) is 65.2 Å².